The lowest BCUT2D eigenvalue weighted by atomic mass is 10.1. The zero-order valence-electron chi connectivity index (χ0n) is 19.0. The molecular formula is C25H24N4O4S. The Morgan fingerprint density at radius 1 is 1.03 bits per heavy atom. The summed E-state index contributed by atoms with van der Waals surface area (Å²) in [6.45, 7) is 2.73. The number of methoxy groups -OCH3 is 1. The molecule has 0 N–H and O–H groups in total. The van der Waals surface area contributed by atoms with Gasteiger partial charge in [0.2, 0.25) is 5.78 Å². The van der Waals surface area contributed by atoms with Crippen LogP contribution in [0.4, 0.5) is 0 Å². The van der Waals surface area contributed by atoms with Crippen LogP contribution in [0.3, 0.4) is 0 Å². The predicted octanol–water partition coefficient (Wildman–Crippen LogP) is 4.64. The number of aryl methyl sites for hydroxylation is 1. The highest BCUT2D eigenvalue weighted by Crippen LogP contribution is 2.29. The van der Waals surface area contributed by atoms with Crippen molar-refractivity contribution in [1.29, 1.82) is 0 Å². The number of fused-ring (bicyclic) bond motifs is 4. The number of nitrogens with zero attached hydrogens (tertiary/aromatic N) is 4. The molecule has 0 aliphatic rings. The van der Waals surface area contributed by atoms with E-state index in [-0.39, 0.29) is 5.56 Å². The molecule has 0 unspecified atom stereocenters. The largest absolute Gasteiger partial charge is 0.497 e. The molecule has 0 aliphatic carbocycles. The molecule has 0 aliphatic heterocycles. The zero-order chi connectivity index (χ0) is 23.7. The molecule has 8 nitrogen and oxygen atoms in total. The van der Waals surface area contributed by atoms with Crippen LogP contribution in [-0.4, -0.2) is 26.3 Å². The lowest BCUT2D eigenvalue weighted by Crippen LogP contribution is -2.23. The van der Waals surface area contributed by atoms with E-state index >= 15 is 0 Å². The molecular weight excluding hydrogens is 452 g/mol. The van der Waals surface area contributed by atoms with Gasteiger partial charge in [0.05, 0.1) is 18.0 Å². The van der Waals surface area contributed by atoms with Gasteiger partial charge in [-0.25, -0.2) is 4.79 Å². The minimum atomic E-state index is -0.419. The Kier molecular flexibility index (Phi) is 6.10. The smallest absolute Gasteiger partial charge is 0.336 e. The van der Waals surface area contributed by atoms with Gasteiger partial charge >= 0.3 is 5.63 Å². The molecule has 0 fully saturated rings. The maximum absolute atomic E-state index is 13.2. The number of hydrogen-bond donors (Lipinski definition) is 0. The van der Waals surface area contributed by atoms with Crippen molar-refractivity contribution in [3.8, 4) is 5.75 Å². The van der Waals surface area contributed by atoms with Crippen LogP contribution in [0.5, 0.6) is 5.75 Å². The Labute approximate surface area is 199 Å². The van der Waals surface area contributed by atoms with Gasteiger partial charge in [-0.2, -0.15) is 0 Å². The van der Waals surface area contributed by atoms with Crippen molar-refractivity contribution in [2.45, 2.75) is 43.6 Å². The van der Waals surface area contributed by atoms with Gasteiger partial charge < -0.3 is 9.15 Å². The third-order valence-electron chi connectivity index (χ3n) is 5.86. The molecule has 3 aromatic heterocycles. The van der Waals surface area contributed by atoms with E-state index in [0.717, 1.165) is 35.7 Å². The van der Waals surface area contributed by atoms with Crippen LogP contribution in [0, 0.1) is 0 Å². The van der Waals surface area contributed by atoms with Crippen molar-refractivity contribution in [2.75, 3.05) is 7.11 Å². The summed E-state index contributed by atoms with van der Waals surface area (Å²) in [5, 5.41) is 10.9. The van der Waals surface area contributed by atoms with Crippen molar-refractivity contribution in [3.63, 3.8) is 0 Å². The number of ether oxygens (including phenoxy) is 1. The monoisotopic (exact) mass is 476 g/mol. The maximum atomic E-state index is 13.2. The van der Waals surface area contributed by atoms with Crippen molar-refractivity contribution < 1.29 is 9.15 Å². The first-order valence-electron chi connectivity index (χ1n) is 11.2. The molecule has 0 saturated heterocycles. The SMILES string of the molecule is CCCCCn1c(=O)c2ccccc2n2c(SCc3cc(=O)oc4cc(OC)ccc34)nnc12. The summed E-state index contributed by atoms with van der Waals surface area (Å²) in [5.41, 5.74) is 1.60. The lowest BCUT2D eigenvalue weighted by Gasteiger charge is -2.11. The molecule has 9 heteroatoms. The third-order valence-corrected chi connectivity index (χ3v) is 6.84. The molecule has 0 radical (unpaired) electrons. The molecule has 0 bridgehead atoms. The van der Waals surface area contributed by atoms with Gasteiger partial charge in [0, 0.05) is 29.8 Å². The first-order valence-corrected chi connectivity index (χ1v) is 12.2. The first kappa shape index (κ1) is 22.2. The number of thioether (sulfide) groups is 1. The quantitative estimate of drug-likeness (QED) is 0.183. The Bertz CT molecular complexity index is 1620. The van der Waals surface area contributed by atoms with Crippen molar-refractivity contribution >= 4 is 39.4 Å². The lowest BCUT2D eigenvalue weighted by molar-refractivity contribution is 0.414. The van der Waals surface area contributed by atoms with Gasteiger partial charge in [-0.1, -0.05) is 43.7 Å². The van der Waals surface area contributed by atoms with E-state index in [1.165, 1.54) is 17.8 Å². The van der Waals surface area contributed by atoms with Crippen molar-refractivity contribution in [2.24, 2.45) is 0 Å². The zero-order valence-corrected chi connectivity index (χ0v) is 19.8. The Balaban J connectivity index is 1.58. The number of rotatable bonds is 8. The molecule has 174 valence electrons. The molecule has 5 rings (SSSR count). The molecule has 34 heavy (non-hydrogen) atoms. The topological polar surface area (TPSA) is 91.6 Å². The van der Waals surface area contributed by atoms with Gasteiger partial charge in [0.15, 0.2) is 5.16 Å². The summed E-state index contributed by atoms with van der Waals surface area (Å²) in [4.78, 5) is 25.4. The van der Waals surface area contributed by atoms with E-state index < -0.39 is 5.63 Å². The molecule has 0 atom stereocenters. The van der Waals surface area contributed by atoms with Crippen LogP contribution in [-0.2, 0) is 12.3 Å². The van der Waals surface area contributed by atoms with Crippen LogP contribution in [0.25, 0.3) is 27.6 Å². The number of unbranched alkanes of at least 4 members (excludes halogenated alkanes) is 2. The predicted molar refractivity (Wildman–Crippen MR) is 133 cm³/mol. The summed E-state index contributed by atoms with van der Waals surface area (Å²) in [7, 11) is 1.57. The van der Waals surface area contributed by atoms with Gasteiger partial charge in [-0.15, -0.1) is 10.2 Å². The summed E-state index contributed by atoms with van der Waals surface area (Å²) < 4.78 is 14.3. The maximum Gasteiger partial charge on any atom is 0.336 e. The van der Waals surface area contributed by atoms with E-state index in [0.29, 0.717) is 40.0 Å². The Morgan fingerprint density at radius 3 is 2.71 bits per heavy atom. The van der Waals surface area contributed by atoms with Gasteiger partial charge in [0.25, 0.3) is 5.56 Å². The fourth-order valence-corrected chi connectivity index (χ4v) is 5.08. The van der Waals surface area contributed by atoms with Crippen LogP contribution in [0.2, 0.25) is 0 Å². The van der Waals surface area contributed by atoms with E-state index in [1.54, 1.807) is 17.7 Å². The van der Waals surface area contributed by atoms with Gasteiger partial charge in [-0.3, -0.25) is 13.8 Å². The second kappa shape index (κ2) is 9.34. The Hall–Kier alpha value is -3.59. The molecule has 3 heterocycles. The second-order valence-electron chi connectivity index (χ2n) is 8.04. The van der Waals surface area contributed by atoms with Crippen LogP contribution in [0.15, 0.2) is 67.7 Å². The molecule has 2 aromatic carbocycles. The number of para-hydroxylation sites is 1. The highest BCUT2D eigenvalue weighted by molar-refractivity contribution is 7.98. The first-order chi connectivity index (χ1) is 16.6. The normalized spacial score (nSPS) is 11.6. The summed E-state index contributed by atoms with van der Waals surface area (Å²) in [6.07, 6.45) is 3.00. The summed E-state index contributed by atoms with van der Waals surface area (Å²) in [5.74, 6) is 1.64. The second-order valence-corrected chi connectivity index (χ2v) is 8.98. The summed E-state index contributed by atoms with van der Waals surface area (Å²) >= 11 is 1.46. The molecule has 0 spiro atoms. The van der Waals surface area contributed by atoms with Gasteiger partial charge in [-0.05, 0) is 36.2 Å². The van der Waals surface area contributed by atoms with Crippen LogP contribution in [0.1, 0.15) is 31.7 Å². The summed E-state index contributed by atoms with van der Waals surface area (Å²) in [6, 6.07) is 14.5. The number of aromatic nitrogens is 4. The van der Waals surface area contributed by atoms with E-state index in [4.69, 9.17) is 9.15 Å². The average molecular weight is 477 g/mol. The van der Waals surface area contributed by atoms with Crippen molar-refractivity contribution in [3.05, 3.63) is 74.9 Å². The minimum Gasteiger partial charge on any atom is -0.497 e. The van der Waals surface area contributed by atoms with E-state index in [9.17, 15) is 9.59 Å². The van der Waals surface area contributed by atoms with Crippen LogP contribution < -0.4 is 15.9 Å². The highest BCUT2D eigenvalue weighted by Gasteiger charge is 2.17. The molecule has 5 aromatic rings. The average Bonchev–Trinajstić information content (AvgIpc) is 3.28. The molecule has 0 saturated carbocycles. The van der Waals surface area contributed by atoms with Crippen LogP contribution >= 0.6 is 11.8 Å². The standard InChI is InChI=1S/C25H24N4O4S/c1-3-4-7-12-28-23(31)19-8-5-6-9-20(19)29-24(28)26-27-25(29)34-15-16-13-22(30)33-21-14-17(32-2)10-11-18(16)21/h5-6,8-11,13-14H,3-4,7,12,15H2,1-2H3. The number of benzene rings is 2. The highest BCUT2D eigenvalue weighted by atomic mass is 32.2. The fourth-order valence-electron chi connectivity index (χ4n) is 4.15. The van der Waals surface area contributed by atoms with Gasteiger partial charge in [0.1, 0.15) is 11.3 Å². The molecule has 0 amide bonds. The van der Waals surface area contributed by atoms with E-state index in [2.05, 4.69) is 17.1 Å². The third kappa shape index (κ3) is 3.96. The fraction of sp³-hybridized carbons (Fsp3) is 0.280. The Morgan fingerprint density at radius 2 is 1.88 bits per heavy atom. The number of hydrogen-bond acceptors (Lipinski definition) is 7. The van der Waals surface area contributed by atoms with Crippen molar-refractivity contribution in [1.82, 2.24) is 19.2 Å². The minimum absolute atomic E-state index is 0.0521. The van der Waals surface area contributed by atoms with E-state index in [1.807, 2.05) is 40.8 Å².